The third kappa shape index (κ3) is 5.59. The molecular weight excluding hydrogens is 277 g/mol. The van der Waals surface area contributed by atoms with Crippen LogP contribution >= 0.6 is 11.3 Å². The van der Waals surface area contributed by atoms with Crippen molar-refractivity contribution in [2.45, 2.75) is 38.8 Å². The van der Waals surface area contributed by atoms with Crippen molar-refractivity contribution in [3.8, 4) is 0 Å². The molecule has 0 aliphatic heterocycles. The highest BCUT2D eigenvalue weighted by Gasteiger charge is 2.28. The molecule has 1 rings (SSSR count). The van der Waals surface area contributed by atoms with Gasteiger partial charge in [-0.3, -0.25) is 4.79 Å². The van der Waals surface area contributed by atoms with Gasteiger partial charge < -0.3 is 4.90 Å². The molecule has 0 unspecified atom stereocenters. The van der Waals surface area contributed by atoms with Gasteiger partial charge in [0.25, 0.3) is 0 Å². The second-order valence-corrected chi connectivity index (χ2v) is 5.58. The van der Waals surface area contributed by atoms with E-state index in [4.69, 9.17) is 0 Å². The summed E-state index contributed by atoms with van der Waals surface area (Å²) in [6, 6.07) is 0. The van der Waals surface area contributed by atoms with Gasteiger partial charge in [-0.25, -0.2) is 4.98 Å². The van der Waals surface area contributed by atoms with Crippen LogP contribution in [0, 0.1) is 0 Å². The van der Waals surface area contributed by atoms with Crippen LogP contribution < -0.4 is 0 Å². The highest BCUT2D eigenvalue weighted by molar-refractivity contribution is 7.09. The third-order valence-corrected chi connectivity index (χ3v) is 3.75. The first kappa shape index (κ1) is 15.9. The van der Waals surface area contributed by atoms with Gasteiger partial charge in [-0.1, -0.05) is 13.8 Å². The van der Waals surface area contributed by atoms with Gasteiger partial charge in [0, 0.05) is 24.9 Å². The van der Waals surface area contributed by atoms with Crippen LogP contribution in [0.15, 0.2) is 5.38 Å². The summed E-state index contributed by atoms with van der Waals surface area (Å²) in [4.78, 5) is 17.1. The van der Waals surface area contributed by atoms with E-state index in [2.05, 4.69) is 4.98 Å². The molecule has 0 radical (unpaired) electrons. The Hall–Kier alpha value is -1.11. The van der Waals surface area contributed by atoms with Crippen LogP contribution in [-0.2, 0) is 11.2 Å². The number of thiazole rings is 1. The third-order valence-electron chi connectivity index (χ3n) is 2.55. The Morgan fingerprint density at radius 1 is 1.47 bits per heavy atom. The van der Waals surface area contributed by atoms with Gasteiger partial charge in [-0.15, -0.1) is 11.3 Å². The van der Waals surface area contributed by atoms with Crippen LogP contribution in [0.1, 0.15) is 36.9 Å². The van der Waals surface area contributed by atoms with E-state index in [0.717, 1.165) is 9.91 Å². The maximum atomic E-state index is 12.0. The van der Waals surface area contributed by atoms with E-state index in [1.807, 2.05) is 13.8 Å². The lowest BCUT2D eigenvalue weighted by atomic mass is 10.2. The zero-order valence-electron chi connectivity index (χ0n) is 11.1. The Bertz CT molecular complexity index is 429. The molecule has 0 atom stereocenters. The number of rotatable bonds is 5. The van der Waals surface area contributed by atoms with Crippen molar-refractivity contribution in [1.29, 1.82) is 0 Å². The van der Waals surface area contributed by atoms with Crippen molar-refractivity contribution in [1.82, 2.24) is 9.88 Å². The van der Waals surface area contributed by atoms with E-state index in [0.29, 0.717) is 5.69 Å². The molecule has 0 bridgehead atoms. The molecule has 0 aliphatic carbocycles. The number of hydrogen-bond acceptors (Lipinski definition) is 3. The molecule has 0 saturated heterocycles. The molecule has 1 heterocycles. The summed E-state index contributed by atoms with van der Waals surface area (Å²) < 4.78 is 36.1. The first-order chi connectivity index (χ1) is 8.69. The van der Waals surface area contributed by atoms with E-state index in [9.17, 15) is 18.0 Å². The number of nitrogens with zero attached hydrogens (tertiary/aromatic N) is 2. The largest absolute Gasteiger partial charge is 0.390 e. The van der Waals surface area contributed by atoms with Crippen LogP contribution in [0.4, 0.5) is 13.2 Å². The lowest BCUT2D eigenvalue weighted by molar-refractivity contribution is -0.143. The Balaban J connectivity index is 2.49. The number of alkyl halides is 3. The molecule has 1 aromatic heterocycles. The van der Waals surface area contributed by atoms with Crippen LogP contribution in [0.2, 0.25) is 0 Å². The quantitative estimate of drug-likeness (QED) is 0.835. The summed E-state index contributed by atoms with van der Waals surface area (Å²) in [6.07, 6.45) is -5.17. The number of aromatic nitrogens is 1. The van der Waals surface area contributed by atoms with Crippen LogP contribution in [0.25, 0.3) is 0 Å². The zero-order chi connectivity index (χ0) is 14.6. The molecule has 3 nitrogen and oxygen atoms in total. The van der Waals surface area contributed by atoms with E-state index in [1.54, 1.807) is 5.38 Å². The van der Waals surface area contributed by atoms with Crippen molar-refractivity contribution in [2.24, 2.45) is 0 Å². The summed E-state index contributed by atoms with van der Waals surface area (Å²) in [7, 11) is 1.38. The SMILES string of the molecule is CC(C)c1nc(CC(=O)N(C)CCC(F)(F)F)cs1. The van der Waals surface area contributed by atoms with Gasteiger partial charge in [0.1, 0.15) is 0 Å². The standard InChI is InChI=1S/C12H17F3N2OS/c1-8(2)11-16-9(7-19-11)6-10(18)17(3)5-4-12(13,14)15/h7-8H,4-6H2,1-3H3. The van der Waals surface area contributed by atoms with Gasteiger partial charge in [-0.05, 0) is 0 Å². The monoisotopic (exact) mass is 294 g/mol. The summed E-state index contributed by atoms with van der Waals surface area (Å²) in [6.45, 7) is 3.68. The number of carbonyl (C=O) groups excluding carboxylic acids is 1. The highest BCUT2D eigenvalue weighted by atomic mass is 32.1. The van der Waals surface area contributed by atoms with E-state index in [1.165, 1.54) is 18.4 Å². The smallest absolute Gasteiger partial charge is 0.345 e. The second-order valence-electron chi connectivity index (χ2n) is 4.69. The fourth-order valence-corrected chi connectivity index (χ4v) is 2.21. The molecule has 7 heteroatoms. The van der Waals surface area contributed by atoms with Gasteiger partial charge >= 0.3 is 6.18 Å². The lowest BCUT2D eigenvalue weighted by Gasteiger charge is -2.17. The Kier molecular flexibility index (Phi) is 5.34. The van der Waals surface area contributed by atoms with Crippen molar-refractivity contribution in [2.75, 3.05) is 13.6 Å². The molecular formula is C12H17F3N2OS. The minimum Gasteiger partial charge on any atom is -0.345 e. The molecule has 1 amide bonds. The fraction of sp³-hybridized carbons (Fsp3) is 0.667. The highest BCUT2D eigenvalue weighted by Crippen LogP contribution is 2.21. The summed E-state index contributed by atoms with van der Waals surface area (Å²) >= 11 is 1.47. The van der Waals surface area contributed by atoms with Gasteiger partial charge in [0.15, 0.2) is 0 Å². The molecule has 0 fully saturated rings. The maximum absolute atomic E-state index is 12.0. The normalized spacial score (nSPS) is 11.9. The van der Waals surface area contributed by atoms with Crippen molar-refractivity contribution >= 4 is 17.2 Å². The molecule has 0 N–H and O–H groups in total. The maximum Gasteiger partial charge on any atom is 0.390 e. The molecule has 0 aromatic carbocycles. The first-order valence-corrected chi connectivity index (χ1v) is 6.82. The van der Waals surface area contributed by atoms with Crippen molar-refractivity contribution in [3.05, 3.63) is 16.1 Å². The topological polar surface area (TPSA) is 33.2 Å². The number of halogens is 3. The predicted octanol–water partition coefficient (Wildman–Crippen LogP) is 3.22. The van der Waals surface area contributed by atoms with Crippen molar-refractivity contribution < 1.29 is 18.0 Å². The molecule has 0 spiro atoms. The number of amides is 1. The fourth-order valence-electron chi connectivity index (χ4n) is 1.38. The summed E-state index contributed by atoms with van der Waals surface area (Å²) in [5.41, 5.74) is 0.623. The van der Waals surface area contributed by atoms with Gasteiger partial charge in [-0.2, -0.15) is 13.2 Å². The predicted molar refractivity (Wildman–Crippen MR) is 68.2 cm³/mol. The molecule has 1 aromatic rings. The summed E-state index contributed by atoms with van der Waals surface area (Å²) in [5.74, 6) is -0.0540. The van der Waals surface area contributed by atoms with Crippen LogP contribution in [0.3, 0.4) is 0 Å². The second kappa shape index (κ2) is 6.36. The Morgan fingerprint density at radius 3 is 2.58 bits per heavy atom. The zero-order valence-corrected chi connectivity index (χ0v) is 11.9. The number of hydrogen-bond donors (Lipinski definition) is 0. The van der Waals surface area contributed by atoms with Gasteiger partial charge in [0.05, 0.1) is 23.5 Å². The minimum absolute atomic E-state index is 0.0532. The lowest BCUT2D eigenvalue weighted by Crippen LogP contribution is -2.31. The van der Waals surface area contributed by atoms with E-state index < -0.39 is 12.6 Å². The Labute approximate surface area is 114 Å². The molecule has 0 aliphatic rings. The molecule has 0 saturated carbocycles. The van der Waals surface area contributed by atoms with Crippen LogP contribution in [-0.4, -0.2) is 35.6 Å². The van der Waals surface area contributed by atoms with Crippen LogP contribution in [0.5, 0.6) is 0 Å². The van der Waals surface area contributed by atoms with E-state index >= 15 is 0 Å². The van der Waals surface area contributed by atoms with Crippen molar-refractivity contribution in [3.63, 3.8) is 0 Å². The first-order valence-electron chi connectivity index (χ1n) is 5.94. The number of carbonyl (C=O) groups is 1. The van der Waals surface area contributed by atoms with E-state index in [-0.39, 0.29) is 24.8 Å². The summed E-state index contributed by atoms with van der Waals surface area (Å²) in [5, 5.41) is 2.71. The molecule has 108 valence electrons. The minimum atomic E-state index is -4.24. The number of likely N-dealkylation sites (N-methyl/N-ethyl adjacent to an activating group) is 1. The van der Waals surface area contributed by atoms with Gasteiger partial charge in [0.2, 0.25) is 5.91 Å². The average molecular weight is 294 g/mol. The molecule has 19 heavy (non-hydrogen) atoms. The average Bonchev–Trinajstić information content (AvgIpc) is 2.73. The Morgan fingerprint density at radius 2 is 2.11 bits per heavy atom.